The van der Waals surface area contributed by atoms with Crippen LogP contribution in [0.3, 0.4) is 0 Å². The Morgan fingerprint density at radius 1 is 1.00 bits per heavy atom. The van der Waals surface area contributed by atoms with Gasteiger partial charge in [-0.3, -0.25) is 0 Å². The van der Waals surface area contributed by atoms with Crippen LogP contribution in [0, 0.1) is 11.3 Å². The SMILES string of the molecule is CC(CC#N)Oc1ccc(OCc2ccc3ccccc3n2)cc1. The predicted molar refractivity (Wildman–Crippen MR) is 92.8 cm³/mol. The lowest BCUT2D eigenvalue weighted by molar-refractivity contribution is 0.226. The smallest absolute Gasteiger partial charge is 0.130 e. The summed E-state index contributed by atoms with van der Waals surface area (Å²) in [5.74, 6) is 1.49. The summed E-state index contributed by atoms with van der Waals surface area (Å²) in [4.78, 5) is 4.59. The number of aromatic nitrogens is 1. The lowest BCUT2D eigenvalue weighted by Crippen LogP contribution is -2.10. The van der Waals surface area contributed by atoms with Gasteiger partial charge in [0.25, 0.3) is 0 Å². The van der Waals surface area contributed by atoms with Crippen LogP contribution in [-0.2, 0) is 6.61 Å². The molecule has 120 valence electrons. The molecule has 0 saturated heterocycles. The Hall–Kier alpha value is -3.06. The highest BCUT2D eigenvalue weighted by Crippen LogP contribution is 2.20. The first-order chi connectivity index (χ1) is 11.7. The van der Waals surface area contributed by atoms with Crippen LogP contribution in [0.2, 0.25) is 0 Å². The van der Waals surface area contributed by atoms with Crippen molar-refractivity contribution >= 4 is 10.9 Å². The first-order valence-corrected chi connectivity index (χ1v) is 7.86. The topological polar surface area (TPSA) is 55.1 Å². The quantitative estimate of drug-likeness (QED) is 0.671. The van der Waals surface area contributed by atoms with E-state index in [4.69, 9.17) is 14.7 Å². The maximum Gasteiger partial charge on any atom is 0.130 e. The molecule has 0 saturated carbocycles. The van der Waals surface area contributed by atoms with Crippen LogP contribution in [0.25, 0.3) is 10.9 Å². The van der Waals surface area contributed by atoms with E-state index in [2.05, 4.69) is 17.1 Å². The first-order valence-electron chi connectivity index (χ1n) is 7.86. The third-order valence-corrected chi connectivity index (χ3v) is 3.58. The second-order valence-corrected chi connectivity index (χ2v) is 5.55. The molecule has 0 aliphatic rings. The van der Waals surface area contributed by atoms with Crippen molar-refractivity contribution < 1.29 is 9.47 Å². The summed E-state index contributed by atoms with van der Waals surface area (Å²) in [6.45, 7) is 2.29. The Bertz CT molecular complexity index is 853. The van der Waals surface area contributed by atoms with Crippen molar-refractivity contribution in [3.8, 4) is 17.6 Å². The fourth-order valence-electron chi connectivity index (χ4n) is 2.36. The normalized spacial score (nSPS) is 11.7. The average molecular weight is 318 g/mol. The monoisotopic (exact) mass is 318 g/mol. The molecule has 4 heteroatoms. The van der Waals surface area contributed by atoms with Gasteiger partial charge in [0, 0.05) is 5.39 Å². The molecular formula is C20H18N2O2. The number of hydrogen-bond acceptors (Lipinski definition) is 4. The predicted octanol–water partition coefficient (Wildman–Crippen LogP) is 4.49. The molecule has 0 bridgehead atoms. The second kappa shape index (κ2) is 7.47. The molecule has 0 spiro atoms. The van der Waals surface area contributed by atoms with Crippen LogP contribution < -0.4 is 9.47 Å². The zero-order chi connectivity index (χ0) is 16.8. The number of pyridine rings is 1. The van der Waals surface area contributed by atoms with Crippen molar-refractivity contribution in [2.45, 2.75) is 26.1 Å². The summed E-state index contributed by atoms with van der Waals surface area (Å²) < 4.78 is 11.4. The standard InChI is InChI=1S/C20H18N2O2/c1-15(12-13-21)24-19-10-8-18(9-11-19)23-14-17-7-6-16-4-2-3-5-20(16)22-17/h2-11,15H,12,14H2,1H3. The van der Waals surface area contributed by atoms with Crippen molar-refractivity contribution in [1.29, 1.82) is 5.26 Å². The minimum Gasteiger partial charge on any atom is -0.490 e. The summed E-state index contributed by atoms with van der Waals surface area (Å²) in [5.41, 5.74) is 1.85. The summed E-state index contributed by atoms with van der Waals surface area (Å²) in [7, 11) is 0. The highest BCUT2D eigenvalue weighted by Gasteiger charge is 2.04. The van der Waals surface area contributed by atoms with E-state index in [0.717, 1.165) is 28.1 Å². The van der Waals surface area contributed by atoms with E-state index in [-0.39, 0.29) is 6.10 Å². The molecule has 1 unspecified atom stereocenters. The summed E-state index contributed by atoms with van der Waals surface area (Å²) in [5, 5.41) is 9.77. The Morgan fingerprint density at radius 2 is 1.75 bits per heavy atom. The lowest BCUT2D eigenvalue weighted by atomic mass is 10.2. The molecule has 0 aliphatic carbocycles. The van der Waals surface area contributed by atoms with Crippen molar-refractivity contribution in [2.24, 2.45) is 0 Å². The van der Waals surface area contributed by atoms with Gasteiger partial charge >= 0.3 is 0 Å². The van der Waals surface area contributed by atoms with Crippen LogP contribution in [-0.4, -0.2) is 11.1 Å². The molecule has 0 fully saturated rings. The molecule has 3 rings (SSSR count). The molecule has 0 aliphatic heterocycles. The van der Waals surface area contributed by atoms with Crippen LogP contribution in [0.1, 0.15) is 19.0 Å². The summed E-state index contributed by atoms with van der Waals surface area (Å²) in [6, 6.07) is 21.5. The van der Waals surface area contributed by atoms with E-state index in [1.54, 1.807) is 0 Å². The Labute approximate surface area is 141 Å². The van der Waals surface area contributed by atoms with E-state index >= 15 is 0 Å². The van der Waals surface area contributed by atoms with Gasteiger partial charge in [0.05, 0.1) is 23.7 Å². The highest BCUT2D eigenvalue weighted by atomic mass is 16.5. The van der Waals surface area contributed by atoms with Gasteiger partial charge in [0.2, 0.25) is 0 Å². The fraction of sp³-hybridized carbons (Fsp3) is 0.200. The van der Waals surface area contributed by atoms with Gasteiger partial charge in [-0.15, -0.1) is 0 Å². The highest BCUT2D eigenvalue weighted by molar-refractivity contribution is 5.78. The van der Waals surface area contributed by atoms with Gasteiger partial charge in [-0.2, -0.15) is 5.26 Å². The number of para-hydroxylation sites is 1. The van der Waals surface area contributed by atoms with Crippen LogP contribution in [0.5, 0.6) is 11.5 Å². The third-order valence-electron chi connectivity index (χ3n) is 3.58. The van der Waals surface area contributed by atoms with Gasteiger partial charge < -0.3 is 9.47 Å². The Balaban J connectivity index is 1.60. The van der Waals surface area contributed by atoms with E-state index in [1.165, 1.54) is 0 Å². The number of hydrogen-bond donors (Lipinski definition) is 0. The zero-order valence-electron chi connectivity index (χ0n) is 13.5. The van der Waals surface area contributed by atoms with Crippen molar-refractivity contribution in [3.05, 3.63) is 66.4 Å². The molecular weight excluding hydrogens is 300 g/mol. The van der Waals surface area contributed by atoms with Crippen LogP contribution in [0.15, 0.2) is 60.7 Å². The second-order valence-electron chi connectivity index (χ2n) is 5.55. The molecule has 1 atom stereocenters. The Morgan fingerprint density at radius 3 is 2.54 bits per heavy atom. The van der Waals surface area contributed by atoms with E-state index in [1.807, 2.05) is 61.5 Å². The number of nitriles is 1. The lowest BCUT2D eigenvalue weighted by Gasteiger charge is -2.12. The molecule has 0 N–H and O–H groups in total. The number of fused-ring (bicyclic) bond motifs is 1. The first kappa shape index (κ1) is 15.8. The fourth-order valence-corrected chi connectivity index (χ4v) is 2.36. The average Bonchev–Trinajstić information content (AvgIpc) is 2.61. The van der Waals surface area contributed by atoms with Gasteiger partial charge in [-0.25, -0.2) is 4.98 Å². The van der Waals surface area contributed by atoms with Crippen molar-refractivity contribution in [2.75, 3.05) is 0 Å². The minimum atomic E-state index is -0.122. The molecule has 24 heavy (non-hydrogen) atoms. The van der Waals surface area contributed by atoms with Crippen molar-refractivity contribution in [1.82, 2.24) is 4.98 Å². The number of nitrogens with zero attached hydrogens (tertiary/aromatic N) is 2. The van der Waals surface area contributed by atoms with E-state index in [9.17, 15) is 0 Å². The van der Waals surface area contributed by atoms with Gasteiger partial charge in [-0.05, 0) is 43.3 Å². The molecule has 0 radical (unpaired) electrons. The third kappa shape index (κ3) is 4.02. The number of benzene rings is 2. The van der Waals surface area contributed by atoms with Gasteiger partial charge in [-0.1, -0.05) is 24.3 Å². The maximum atomic E-state index is 8.65. The molecule has 1 heterocycles. The molecule has 0 amide bonds. The summed E-state index contributed by atoms with van der Waals surface area (Å²) in [6.07, 6.45) is 0.245. The van der Waals surface area contributed by atoms with Crippen LogP contribution >= 0.6 is 0 Å². The van der Waals surface area contributed by atoms with E-state index < -0.39 is 0 Å². The van der Waals surface area contributed by atoms with Crippen molar-refractivity contribution in [3.63, 3.8) is 0 Å². The van der Waals surface area contributed by atoms with Crippen LogP contribution in [0.4, 0.5) is 0 Å². The maximum absolute atomic E-state index is 8.65. The van der Waals surface area contributed by atoms with E-state index in [0.29, 0.717) is 13.0 Å². The van der Waals surface area contributed by atoms with Gasteiger partial charge in [0.15, 0.2) is 0 Å². The zero-order valence-corrected chi connectivity index (χ0v) is 13.5. The molecule has 3 aromatic rings. The molecule has 4 nitrogen and oxygen atoms in total. The Kier molecular flexibility index (Phi) is 4.93. The molecule has 1 aromatic heterocycles. The summed E-state index contributed by atoms with van der Waals surface area (Å²) >= 11 is 0. The molecule has 2 aromatic carbocycles. The number of ether oxygens (including phenoxy) is 2. The minimum absolute atomic E-state index is 0.122. The number of rotatable bonds is 6. The van der Waals surface area contributed by atoms with Gasteiger partial charge in [0.1, 0.15) is 24.2 Å². The largest absolute Gasteiger partial charge is 0.490 e.